The fourth-order valence-corrected chi connectivity index (χ4v) is 1.60. The first-order valence-electron chi connectivity index (χ1n) is 2.45. The van der Waals surface area contributed by atoms with Gasteiger partial charge in [0.15, 0.2) is 5.88 Å². The molecule has 2 nitrogen and oxygen atoms in total. The Morgan fingerprint density at radius 3 is 2.71 bits per heavy atom. The third-order valence-electron chi connectivity index (χ3n) is 0.989. The van der Waals surface area contributed by atoms with Gasteiger partial charge in [-0.2, -0.15) is 0 Å². The molecule has 0 amide bonds. The van der Waals surface area contributed by atoms with Crippen LogP contribution in [0.5, 0.6) is 0 Å². The van der Waals surface area contributed by atoms with E-state index in [1.54, 1.807) is 0 Å². The lowest BCUT2D eigenvalue weighted by atomic mass is 10.5. The monoisotopic (exact) mass is 119 g/mol. The zero-order valence-electron chi connectivity index (χ0n) is 4.14. The van der Waals surface area contributed by atoms with Crippen molar-refractivity contribution in [2.75, 3.05) is 18.2 Å². The van der Waals surface area contributed by atoms with Crippen LogP contribution in [0.1, 0.15) is 6.42 Å². The number of hydrogen-bond donors (Lipinski definition) is 1. The van der Waals surface area contributed by atoms with Gasteiger partial charge in [0, 0.05) is 13.0 Å². The van der Waals surface area contributed by atoms with Crippen molar-refractivity contribution in [3.63, 3.8) is 0 Å². The fraction of sp³-hybridized carbons (Fsp3) is 1.00. The SMILES string of the molecule is [O-][S+]1CCCNC1. The van der Waals surface area contributed by atoms with Crippen molar-refractivity contribution < 1.29 is 4.55 Å². The molecule has 0 bridgehead atoms. The smallest absolute Gasteiger partial charge is 0.157 e. The minimum Gasteiger partial charge on any atom is -0.615 e. The van der Waals surface area contributed by atoms with Crippen molar-refractivity contribution in [1.29, 1.82) is 0 Å². The minimum atomic E-state index is -0.551. The molecule has 1 aliphatic heterocycles. The second kappa shape index (κ2) is 2.55. The molecule has 0 aliphatic carbocycles. The molecular formula is C4H9NOS. The van der Waals surface area contributed by atoms with Crippen LogP contribution in [-0.2, 0) is 11.2 Å². The first-order chi connectivity index (χ1) is 3.39. The molecule has 0 aromatic carbocycles. The van der Waals surface area contributed by atoms with Gasteiger partial charge in [-0.1, -0.05) is 0 Å². The van der Waals surface area contributed by atoms with Crippen LogP contribution in [0.25, 0.3) is 0 Å². The Kier molecular flexibility index (Phi) is 1.97. The van der Waals surface area contributed by atoms with Gasteiger partial charge in [0.1, 0.15) is 5.75 Å². The van der Waals surface area contributed by atoms with Gasteiger partial charge in [-0.05, 0) is 11.2 Å². The van der Waals surface area contributed by atoms with Crippen molar-refractivity contribution in [2.24, 2.45) is 0 Å². The van der Waals surface area contributed by atoms with E-state index < -0.39 is 11.2 Å². The van der Waals surface area contributed by atoms with Crippen molar-refractivity contribution >= 4 is 11.2 Å². The Labute approximate surface area is 46.5 Å². The second-order valence-electron chi connectivity index (χ2n) is 1.64. The lowest BCUT2D eigenvalue weighted by Gasteiger charge is -2.15. The van der Waals surface area contributed by atoms with Gasteiger partial charge in [0.05, 0.1) is 0 Å². The van der Waals surface area contributed by atoms with E-state index >= 15 is 0 Å². The highest BCUT2D eigenvalue weighted by atomic mass is 32.2. The summed E-state index contributed by atoms with van der Waals surface area (Å²) in [6.45, 7) is 1.05. The van der Waals surface area contributed by atoms with Crippen LogP contribution >= 0.6 is 0 Å². The quantitative estimate of drug-likeness (QED) is 0.444. The first-order valence-corrected chi connectivity index (χ1v) is 3.94. The predicted molar refractivity (Wildman–Crippen MR) is 30.5 cm³/mol. The standard InChI is InChI=1S/C4H9NOS/c6-7-3-1-2-5-4-7/h5H,1-4H2. The molecule has 3 heteroatoms. The zero-order chi connectivity index (χ0) is 5.11. The van der Waals surface area contributed by atoms with Crippen LogP contribution in [0.3, 0.4) is 0 Å². The van der Waals surface area contributed by atoms with E-state index in [9.17, 15) is 4.55 Å². The van der Waals surface area contributed by atoms with Gasteiger partial charge in [-0.15, -0.1) is 0 Å². The van der Waals surface area contributed by atoms with E-state index in [-0.39, 0.29) is 0 Å². The maximum absolute atomic E-state index is 10.5. The van der Waals surface area contributed by atoms with Gasteiger partial charge in [0.2, 0.25) is 0 Å². The van der Waals surface area contributed by atoms with E-state index in [0.29, 0.717) is 5.88 Å². The molecule has 0 radical (unpaired) electrons. The summed E-state index contributed by atoms with van der Waals surface area (Å²) in [7, 11) is 0. The highest BCUT2D eigenvalue weighted by Gasteiger charge is 2.08. The molecule has 1 atom stereocenters. The fourth-order valence-electron chi connectivity index (χ4n) is 0.616. The summed E-state index contributed by atoms with van der Waals surface area (Å²) in [5.41, 5.74) is 0. The number of nitrogens with one attached hydrogen (secondary N) is 1. The Bertz CT molecular complexity index is 53.7. The van der Waals surface area contributed by atoms with E-state index in [1.165, 1.54) is 0 Å². The van der Waals surface area contributed by atoms with Gasteiger partial charge < -0.3 is 4.55 Å². The number of rotatable bonds is 0. The summed E-state index contributed by atoms with van der Waals surface area (Å²) in [5.74, 6) is 1.60. The maximum atomic E-state index is 10.5. The molecule has 0 saturated carbocycles. The molecule has 42 valence electrons. The molecular weight excluding hydrogens is 110 g/mol. The molecule has 1 rings (SSSR count). The maximum Gasteiger partial charge on any atom is 0.157 e. The Morgan fingerprint density at radius 2 is 2.43 bits per heavy atom. The van der Waals surface area contributed by atoms with E-state index in [0.717, 1.165) is 18.7 Å². The molecule has 1 saturated heterocycles. The third-order valence-corrected chi connectivity index (χ3v) is 2.26. The van der Waals surface area contributed by atoms with Crippen molar-refractivity contribution in [3.8, 4) is 0 Å². The van der Waals surface area contributed by atoms with Crippen LogP contribution in [0, 0.1) is 0 Å². The third kappa shape index (κ3) is 1.67. The van der Waals surface area contributed by atoms with Crippen LogP contribution in [-0.4, -0.2) is 22.7 Å². The molecule has 7 heavy (non-hydrogen) atoms. The summed E-state index contributed by atoms with van der Waals surface area (Å²) in [6.07, 6.45) is 1.08. The van der Waals surface area contributed by atoms with Crippen LogP contribution in [0.15, 0.2) is 0 Å². The van der Waals surface area contributed by atoms with Gasteiger partial charge in [-0.3, -0.25) is 5.32 Å². The average Bonchev–Trinajstić information content (AvgIpc) is 1.69. The summed E-state index contributed by atoms with van der Waals surface area (Å²) in [4.78, 5) is 0. The van der Waals surface area contributed by atoms with Gasteiger partial charge >= 0.3 is 0 Å². The average molecular weight is 119 g/mol. The second-order valence-corrected chi connectivity index (χ2v) is 3.22. The molecule has 1 heterocycles. The molecule has 0 aromatic heterocycles. The number of hydrogen-bond acceptors (Lipinski definition) is 2. The molecule has 1 fully saturated rings. The molecule has 1 aliphatic rings. The minimum absolute atomic E-state index is 0.551. The van der Waals surface area contributed by atoms with Gasteiger partial charge in [0.25, 0.3) is 0 Å². The van der Waals surface area contributed by atoms with Crippen molar-refractivity contribution in [2.45, 2.75) is 6.42 Å². The van der Waals surface area contributed by atoms with Gasteiger partial charge in [-0.25, -0.2) is 0 Å². The summed E-state index contributed by atoms with van der Waals surface area (Å²) in [6, 6.07) is 0. The van der Waals surface area contributed by atoms with E-state index in [2.05, 4.69) is 5.32 Å². The molecule has 0 aromatic rings. The summed E-state index contributed by atoms with van der Waals surface area (Å²) in [5, 5.41) is 3.03. The molecule has 0 spiro atoms. The lowest BCUT2D eigenvalue weighted by Crippen LogP contribution is -2.32. The highest BCUT2D eigenvalue weighted by molar-refractivity contribution is 7.91. The van der Waals surface area contributed by atoms with Crippen LogP contribution in [0.2, 0.25) is 0 Å². The van der Waals surface area contributed by atoms with Crippen LogP contribution < -0.4 is 5.32 Å². The Hall–Kier alpha value is 0.270. The summed E-state index contributed by atoms with van der Waals surface area (Å²) < 4.78 is 10.5. The van der Waals surface area contributed by atoms with E-state index in [1.807, 2.05) is 0 Å². The Balaban J connectivity index is 2.12. The van der Waals surface area contributed by atoms with Crippen molar-refractivity contribution in [1.82, 2.24) is 5.32 Å². The predicted octanol–water partition coefficient (Wildman–Crippen LogP) is -0.314. The highest BCUT2D eigenvalue weighted by Crippen LogP contribution is 1.95. The first kappa shape index (κ1) is 5.41. The topological polar surface area (TPSA) is 35.1 Å². The zero-order valence-corrected chi connectivity index (χ0v) is 4.96. The van der Waals surface area contributed by atoms with Crippen LogP contribution in [0.4, 0.5) is 0 Å². The largest absolute Gasteiger partial charge is 0.615 e. The molecule has 1 unspecified atom stereocenters. The normalized spacial score (nSPS) is 33.0. The Morgan fingerprint density at radius 1 is 1.57 bits per heavy atom. The van der Waals surface area contributed by atoms with E-state index in [4.69, 9.17) is 0 Å². The lowest BCUT2D eigenvalue weighted by molar-refractivity contribution is 0.568. The summed E-state index contributed by atoms with van der Waals surface area (Å²) >= 11 is -0.551. The van der Waals surface area contributed by atoms with Crippen molar-refractivity contribution in [3.05, 3.63) is 0 Å². The molecule has 1 N–H and O–H groups in total.